The van der Waals surface area contributed by atoms with Crippen molar-refractivity contribution in [2.24, 2.45) is 0 Å². The van der Waals surface area contributed by atoms with Crippen LogP contribution in [-0.4, -0.2) is 5.78 Å². The van der Waals surface area contributed by atoms with E-state index < -0.39 is 0 Å². The van der Waals surface area contributed by atoms with Gasteiger partial charge in [-0.15, -0.1) is 0 Å². The Morgan fingerprint density at radius 2 is 1.65 bits per heavy atom. The van der Waals surface area contributed by atoms with Gasteiger partial charge in [-0.25, -0.2) is 0 Å². The zero-order chi connectivity index (χ0) is 14.3. The number of hydrogen-bond acceptors (Lipinski definition) is 1. The van der Waals surface area contributed by atoms with E-state index in [0.717, 1.165) is 26.7 Å². The Bertz CT molecular complexity index is 708. The van der Waals surface area contributed by atoms with Crippen molar-refractivity contribution < 1.29 is 4.79 Å². The van der Waals surface area contributed by atoms with Crippen molar-refractivity contribution in [3.63, 3.8) is 0 Å². The lowest BCUT2D eigenvalue weighted by molar-refractivity contribution is 0.103. The first kappa shape index (κ1) is 13.3. The monoisotopic (exact) mass is 326 g/mol. The number of hydrogen-bond donors (Lipinski definition) is 0. The fourth-order valence-electron chi connectivity index (χ4n) is 2.77. The van der Waals surface area contributed by atoms with Gasteiger partial charge in [0.25, 0.3) is 0 Å². The van der Waals surface area contributed by atoms with Gasteiger partial charge in [0.15, 0.2) is 5.78 Å². The van der Waals surface area contributed by atoms with Crippen LogP contribution in [0.5, 0.6) is 0 Å². The number of Topliss-reactive ketones (excluding diaryl/α,β-unsaturated/α-hetero) is 1. The molecule has 1 aliphatic carbocycles. The molecule has 0 unspecified atom stereocenters. The molecule has 0 amide bonds. The normalized spacial score (nSPS) is 18.4. The Labute approximate surface area is 127 Å². The van der Waals surface area contributed by atoms with Crippen LogP contribution in [0.3, 0.4) is 0 Å². The Hall–Kier alpha value is -1.67. The summed E-state index contributed by atoms with van der Waals surface area (Å²) < 4.78 is 1.04. The minimum absolute atomic E-state index is 0.147. The highest BCUT2D eigenvalue weighted by Crippen LogP contribution is 2.43. The standard InChI is InChI=1S/C18H15BrO/c1-18(2)15-6-4-3-5-14(15)17(20)16(18)11-12-7-9-13(19)10-8-12/h3-11H,1-2H3/b16-11-. The van der Waals surface area contributed by atoms with Gasteiger partial charge in [0, 0.05) is 21.0 Å². The van der Waals surface area contributed by atoms with E-state index in [1.165, 1.54) is 0 Å². The first-order valence-corrected chi connectivity index (χ1v) is 7.41. The lowest BCUT2D eigenvalue weighted by atomic mass is 9.82. The second kappa shape index (κ2) is 4.71. The lowest BCUT2D eigenvalue weighted by Gasteiger charge is -2.20. The molecule has 1 nitrogen and oxygen atoms in total. The Kier molecular flexibility index (Phi) is 3.14. The van der Waals surface area contributed by atoms with E-state index in [9.17, 15) is 4.79 Å². The summed E-state index contributed by atoms with van der Waals surface area (Å²) >= 11 is 3.43. The maximum atomic E-state index is 12.6. The topological polar surface area (TPSA) is 17.1 Å². The van der Waals surface area contributed by atoms with Crippen molar-refractivity contribution in [1.82, 2.24) is 0 Å². The highest BCUT2D eigenvalue weighted by atomic mass is 79.9. The highest BCUT2D eigenvalue weighted by molar-refractivity contribution is 9.10. The van der Waals surface area contributed by atoms with Gasteiger partial charge in [0.2, 0.25) is 0 Å². The molecule has 0 saturated heterocycles. The molecule has 0 atom stereocenters. The lowest BCUT2D eigenvalue weighted by Crippen LogP contribution is -2.16. The molecule has 2 aromatic rings. The summed E-state index contributed by atoms with van der Waals surface area (Å²) in [5.41, 5.74) is 3.63. The molecule has 0 fully saturated rings. The summed E-state index contributed by atoms with van der Waals surface area (Å²) in [6.45, 7) is 4.23. The average Bonchev–Trinajstić information content (AvgIpc) is 2.63. The van der Waals surface area contributed by atoms with E-state index in [0.29, 0.717) is 0 Å². The number of ketones is 1. The molecule has 0 bridgehead atoms. The summed E-state index contributed by atoms with van der Waals surface area (Å²) in [7, 11) is 0. The summed E-state index contributed by atoms with van der Waals surface area (Å²) in [6.07, 6.45) is 2.01. The number of benzene rings is 2. The van der Waals surface area contributed by atoms with Crippen LogP contribution in [0.2, 0.25) is 0 Å². The van der Waals surface area contributed by atoms with Crippen LogP contribution in [0.25, 0.3) is 6.08 Å². The quantitative estimate of drug-likeness (QED) is 0.673. The molecule has 100 valence electrons. The molecule has 0 heterocycles. The van der Waals surface area contributed by atoms with Crippen molar-refractivity contribution in [3.05, 3.63) is 75.3 Å². The van der Waals surface area contributed by atoms with Crippen LogP contribution in [0.4, 0.5) is 0 Å². The predicted molar refractivity (Wildman–Crippen MR) is 85.9 cm³/mol. The summed E-state index contributed by atoms with van der Waals surface area (Å²) in [5.74, 6) is 0.147. The van der Waals surface area contributed by atoms with Crippen molar-refractivity contribution in [2.45, 2.75) is 19.3 Å². The Morgan fingerprint density at radius 3 is 2.30 bits per heavy atom. The van der Waals surface area contributed by atoms with E-state index >= 15 is 0 Å². The Balaban J connectivity index is 2.12. The van der Waals surface area contributed by atoms with Gasteiger partial charge >= 0.3 is 0 Å². The molecule has 0 aromatic heterocycles. The molecule has 0 radical (unpaired) electrons. The smallest absolute Gasteiger partial charge is 0.190 e. The van der Waals surface area contributed by atoms with Crippen molar-refractivity contribution in [2.75, 3.05) is 0 Å². The first-order valence-electron chi connectivity index (χ1n) is 6.62. The Morgan fingerprint density at radius 1 is 1.00 bits per heavy atom. The number of rotatable bonds is 1. The molecule has 0 saturated carbocycles. The van der Waals surface area contributed by atoms with Crippen molar-refractivity contribution >= 4 is 27.8 Å². The fraction of sp³-hybridized carbons (Fsp3) is 0.167. The molecule has 2 heteroatoms. The number of halogens is 1. The predicted octanol–water partition coefficient (Wildman–Crippen LogP) is 5.01. The zero-order valence-electron chi connectivity index (χ0n) is 11.5. The highest BCUT2D eigenvalue weighted by Gasteiger charge is 2.40. The van der Waals surface area contributed by atoms with Crippen molar-refractivity contribution in [3.8, 4) is 0 Å². The largest absolute Gasteiger partial charge is 0.289 e. The third kappa shape index (κ3) is 2.04. The second-order valence-corrected chi connectivity index (χ2v) is 6.52. The number of allylic oxidation sites excluding steroid dienone is 1. The first-order chi connectivity index (χ1) is 9.50. The van der Waals surface area contributed by atoms with Crippen LogP contribution >= 0.6 is 15.9 Å². The summed E-state index contributed by atoms with van der Waals surface area (Å²) in [5, 5.41) is 0. The van der Waals surface area contributed by atoms with Gasteiger partial charge in [0.1, 0.15) is 0 Å². The van der Waals surface area contributed by atoms with Crippen LogP contribution in [0, 0.1) is 0 Å². The molecule has 20 heavy (non-hydrogen) atoms. The maximum Gasteiger partial charge on any atom is 0.190 e. The third-order valence-corrected chi connectivity index (χ3v) is 4.47. The molecule has 3 rings (SSSR count). The van der Waals surface area contributed by atoms with E-state index in [4.69, 9.17) is 0 Å². The molecule has 0 N–H and O–H groups in total. The molecule has 0 spiro atoms. The maximum absolute atomic E-state index is 12.6. The molecule has 1 aliphatic rings. The SMILES string of the molecule is CC1(C)/C(=C\c2ccc(Br)cc2)C(=O)c2ccccc21. The van der Waals surface area contributed by atoms with Gasteiger partial charge in [-0.2, -0.15) is 0 Å². The molecule has 0 aliphatic heterocycles. The van der Waals surface area contributed by atoms with Crippen LogP contribution in [0.1, 0.15) is 35.3 Å². The van der Waals surface area contributed by atoms with Gasteiger partial charge in [-0.3, -0.25) is 4.79 Å². The van der Waals surface area contributed by atoms with Gasteiger partial charge in [-0.05, 0) is 29.3 Å². The van der Waals surface area contributed by atoms with Gasteiger partial charge in [0.05, 0.1) is 0 Å². The summed E-state index contributed by atoms with van der Waals surface area (Å²) in [4.78, 5) is 12.6. The van der Waals surface area contributed by atoms with Crippen molar-refractivity contribution in [1.29, 1.82) is 0 Å². The van der Waals surface area contributed by atoms with E-state index in [2.05, 4.69) is 35.8 Å². The third-order valence-electron chi connectivity index (χ3n) is 3.94. The van der Waals surface area contributed by atoms with Gasteiger partial charge < -0.3 is 0 Å². The summed E-state index contributed by atoms with van der Waals surface area (Å²) in [6, 6.07) is 15.9. The second-order valence-electron chi connectivity index (χ2n) is 5.61. The van der Waals surface area contributed by atoms with E-state index in [1.807, 2.05) is 48.5 Å². The number of carbonyl (C=O) groups excluding carboxylic acids is 1. The van der Waals surface area contributed by atoms with Crippen LogP contribution < -0.4 is 0 Å². The molecular formula is C18H15BrO. The minimum Gasteiger partial charge on any atom is -0.289 e. The van der Waals surface area contributed by atoms with Gasteiger partial charge in [-0.1, -0.05) is 66.2 Å². The van der Waals surface area contributed by atoms with E-state index in [1.54, 1.807) is 0 Å². The average molecular weight is 327 g/mol. The number of carbonyl (C=O) groups is 1. The molecule has 2 aromatic carbocycles. The van der Waals surface area contributed by atoms with Crippen LogP contribution in [-0.2, 0) is 5.41 Å². The zero-order valence-corrected chi connectivity index (χ0v) is 13.1. The molecular weight excluding hydrogens is 312 g/mol. The van der Waals surface area contributed by atoms with Crippen LogP contribution in [0.15, 0.2) is 58.6 Å². The number of fused-ring (bicyclic) bond motifs is 1. The minimum atomic E-state index is -0.235. The fourth-order valence-corrected chi connectivity index (χ4v) is 3.04. The van der Waals surface area contributed by atoms with E-state index in [-0.39, 0.29) is 11.2 Å².